The molecule has 2 rings (SSSR count). The molecular weight excluding hydrogens is 314 g/mol. The molecule has 2 heterocycles. The fourth-order valence-electron chi connectivity index (χ4n) is 2.04. The van der Waals surface area contributed by atoms with Gasteiger partial charge in [0.05, 0.1) is 13.2 Å². The molecule has 0 saturated carbocycles. The maximum Gasteiger partial charge on any atom is 0.253 e. The molecule has 1 aliphatic rings. The molecule has 0 bridgehead atoms. The van der Waals surface area contributed by atoms with Gasteiger partial charge in [-0.1, -0.05) is 0 Å². The standard InChI is InChI=1S/C12H19N3O4S2/c1-8(2)14-12(16)10-6-19-4-3-15(10)21(17,18)11-5-9(13)7-20-11/h5,7-8,10H,3-4,6,13H2,1-2H3,(H,14,16). The van der Waals surface area contributed by atoms with Crippen molar-refractivity contribution in [2.75, 3.05) is 25.5 Å². The number of anilines is 1. The van der Waals surface area contributed by atoms with Crippen LogP contribution >= 0.6 is 11.3 Å². The number of amides is 1. The normalized spacial score (nSPS) is 20.6. The molecule has 1 aromatic rings. The average molecular weight is 333 g/mol. The third-order valence-corrected chi connectivity index (χ3v) is 6.31. The molecule has 3 N–H and O–H groups in total. The van der Waals surface area contributed by atoms with Crippen LogP contribution in [0.3, 0.4) is 0 Å². The summed E-state index contributed by atoms with van der Waals surface area (Å²) >= 11 is 1.05. The van der Waals surface area contributed by atoms with Crippen molar-refractivity contribution in [1.29, 1.82) is 0 Å². The lowest BCUT2D eigenvalue weighted by molar-refractivity contribution is -0.129. The van der Waals surface area contributed by atoms with Crippen molar-refractivity contribution in [3.05, 3.63) is 11.4 Å². The third-order valence-electron chi connectivity index (χ3n) is 2.97. The summed E-state index contributed by atoms with van der Waals surface area (Å²) in [4.78, 5) is 12.2. The van der Waals surface area contributed by atoms with E-state index in [9.17, 15) is 13.2 Å². The van der Waals surface area contributed by atoms with E-state index in [-0.39, 0.29) is 35.9 Å². The number of sulfonamides is 1. The number of morpholine rings is 1. The molecule has 1 aromatic heterocycles. The number of hydrogen-bond acceptors (Lipinski definition) is 6. The van der Waals surface area contributed by atoms with Crippen molar-refractivity contribution >= 4 is 33.0 Å². The Morgan fingerprint density at radius 1 is 1.57 bits per heavy atom. The Morgan fingerprint density at radius 2 is 2.29 bits per heavy atom. The minimum atomic E-state index is -3.74. The first-order valence-corrected chi connectivity index (χ1v) is 8.88. The lowest BCUT2D eigenvalue weighted by atomic mass is 10.2. The van der Waals surface area contributed by atoms with Gasteiger partial charge in [-0.2, -0.15) is 4.31 Å². The second-order valence-corrected chi connectivity index (χ2v) is 8.10. The molecule has 0 radical (unpaired) electrons. The second-order valence-electron chi connectivity index (χ2n) is 5.07. The largest absolute Gasteiger partial charge is 0.398 e. The van der Waals surface area contributed by atoms with Crippen LogP contribution in [-0.2, 0) is 19.6 Å². The van der Waals surface area contributed by atoms with Gasteiger partial charge in [0.15, 0.2) is 0 Å². The van der Waals surface area contributed by atoms with Gasteiger partial charge in [-0.3, -0.25) is 4.79 Å². The highest BCUT2D eigenvalue weighted by Crippen LogP contribution is 2.27. The first-order valence-electron chi connectivity index (χ1n) is 6.56. The molecule has 1 fully saturated rings. The summed E-state index contributed by atoms with van der Waals surface area (Å²) in [6, 6.07) is 0.489. The molecule has 21 heavy (non-hydrogen) atoms. The number of nitrogens with one attached hydrogen (secondary N) is 1. The molecule has 9 heteroatoms. The van der Waals surface area contributed by atoms with Gasteiger partial charge in [-0.25, -0.2) is 8.42 Å². The smallest absolute Gasteiger partial charge is 0.253 e. The number of nitrogens with two attached hydrogens (primary N) is 1. The highest BCUT2D eigenvalue weighted by atomic mass is 32.2. The van der Waals surface area contributed by atoms with Gasteiger partial charge in [0.25, 0.3) is 10.0 Å². The Bertz CT molecular complexity index is 612. The topological polar surface area (TPSA) is 102 Å². The Morgan fingerprint density at radius 3 is 2.86 bits per heavy atom. The Kier molecular flexibility index (Phi) is 4.87. The van der Waals surface area contributed by atoms with E-state index in [1.165, 1.54) is 10.4 Å². The number of ether oxygens (including phenoxy) is 1. The second kappa shape index (κ2) is 6.30. The van der Waals surface area contributed by atoms with Crippen LogP contribution in [0.15, 0.2) is 15.7 Å². The van der Waals surface area contributed by atoms with Crippen LogP contribution in [0.4, 0.5) is 5.69 Å². The first-order chi connectivity index (χ1) is 9.82. The predicted molar refractivity (Wildman–Crippen MR) is 80.5 cm³/mol. The molecule has 1 aliphatic heterocycles. The molecule has 1 saturated heterocycles. The molecule has 7 nitrogen and oxygen atoms in total. The predicted octanol–water partition coefficient (Wildman–Crippen LogP) is 0.244. The summed E-state index contributed by atoms with van der Waals surface area (Å²) in [5, 5.41) is 4.29. The highest BCUT2D eigenvalue weighted by Gasteiger charge is 2.39. The first kappa shape index (κ1) is 16.2. The van der Waals surface area contributed by atoms with Crippen molar-refractivity contribution < 1.29 is 17.9 Å². The quantitative estimate of drug-likeness (QED) is 0.822. The summed E-state index contributed by atoms with van der Waals surface area (Å²) in [7, 11) is -3.74. The van der Waals surface area contributed by atoms with E-state index in [1.54, 1.807) is 5.38 Å². The summed E-state index contributed by atoms with van der Waals surface area (Å²) in [5.74, 6) is -0.349. The summed E-state index contributed by atoms with van der Waals surface area (Å²) in [6.07, 6.45) is 0. The molecule has 0 spiro atoms. The zero-order valence-corrected chi connectivity index (χ0v) is 13.5. The van der Waals surface area contributed by atoms with Gasteiger partial charge < -0.3 is 15.8 Å². The van der Waals surface area contributed by atoms with E-state index < -0.39 is 16.1 Å². The van der Waals surface area contributed by atoms with Crippen molar-refractivity contribution in [3.63, 3.8) is 0 Å². The van der Waals surface area contributed by atoms with E-state index >= 15 is 0 Å². The number of carbonyl (C=O) groups excluding carboxylic acids is 1. The van der Waals surface area contributed by atoms with Gasteiger partial charge >= 0.3 is 0 Å². The maximum absolute atomic E-state index is 12.6. The number of rotatable bonds is 4. The number of nitrogens with zero attached hydrogens (tertiary/aromatic N) is 1. The lowest BCUT2D eigenvalue weighted by Gasteiger charge is -2.33. The number of carbonyl (C=O) groups is 1. The van der Waals surface area contributed by atoms with E-state index in [0.29, 0.717) is 5.69 Å². The van der Waals surface area contributed by atoms with E-state index in [1.807, 2.05) is 13.8 Å². The van der Waals surface area contributed by atoms with Gasteiger partial charge in [0.2, 0.25) is 5.91 Å². The van der Waals surface area contributed by atoms with Crippen LogP contribution < -0.4 is 11.1 Å². The summed E-state index contributed by atoms with van der Waals surface area (Å²) in [5.41, 5.74) is 5.99. The van der Waals surface area contributed by atoms with Crippen molar-refractivity contribution in [1.82, 2.24) is 9.62 Å². The van der Waals surface area contributed by atoms with Crippen molar-refractivity contribution in [2.45, 2.75) is 30.1 Å². The average Bonchev–Trinajstić information content (AvgIpc) is 2.85. The van der Waals surface area contributed by atoms with Gasteiger partial charge in [0, 0.05) is 23.7 Å². The lowest BCUT2D eigenvalue weighted by Crippen LogP contribution is -2.56. The third kappa shape index (κ3) is 3.54. The minimum absolute atomic E-state index is 0.0542. The van der Waals surface area contributed by atoms with Gasteiger partial charge in [-0.15, -0.1) is 11.3 Å². The van der Waals surface area contributed by atoms with Crippen LogP contribution in [0, 0.1) is 0 Å². The van der Waals surface area contributed by atoms with E-state index in [0.717, 1.165) is 11.3 Å². The minimum Gasteiger partial charge on any atom is -0.398 e. The maximum atomic E-state index is 12.6. The molecule has 1 unspecified atom stereocenters. The molecule has 1 amide bonds. The summed E-state index contributed by atoms with van der Waals surface area (Å²) in [6.45, 7) is 4.11. The molecule has 0 aliphatic carbocycles. The van der Waals surface area contributed by atoms with Crippen molar-refractivity contribution in [2.24, 2.45) is 0 Å². The zero-order chi connectivity index (χ0) is 15.6. The SMILES string of the molecule is CC(C)NC(=O)C1COCCN1S(=O)(=O)c1cc(N)cs1. The van der Waals surface area contributed by atoms with E-state index in [4.69, 9.17) is 10.5 Å². The van der Waals surface area contributed by atoms with Crippen molar-refractivity contribution in [3.8, 4) is 0 Å². The fraction of sp³-hybridized carbons (Fsp3) is 0.583. The fourth-order valence-corrected chi connectivity index (χ4v) is 4.81. The molecule has 118 valence electrons. The summed E-state index contributed by atoms with van der Waals surface area (Å²) < 4.78 is 31.9. The molecular formula is C12H19N3O4S2. The monoisotopic (exact) mass is 333 g/mol. The zero-order valence-electron chi connectivity index (χ0n) is 11.9. The number of thiophene rings is 1. The Hall–Kier alpha value is -1.16. The van der Waals surface area contributed by atoms with Gasteiger partial charge in [0.1, 0.15) is 10.3 Å². The van der Waals surface area contributed by atoms with Crippen LogP contribution in [0.5, 0.6) is 0 Å². The Labute approximate surface area is 128 Å². The number of hydrogen-bond donors (Lipinski definition) is 2. The van der Waals surface area contributed by atoms with Crippen LogP contribution in [0.2, 0.25) is 0 Å². The number of nitrogen functional groups attached to an aromatic ring is 1. The Balaban J connectivity index is 2.28. The molecule has 0 aromatic carbocycles. The highest BCUT2D eigenvalue weighted by molar-refractivity contribution is 7.91. The van der Waals surface area contributed by atoms with Gasteiger partial charge in [-0.05, 0) is 19.9 Å². The van der Waals surface area contributed by atoms with Crippen LogP contribution in [0.25, 0.3) is 0 Å². The van der Waals surface area contributed by atoms with Crippen LogP contribution in [-0.4, -0.2) is 50.5 Å². The van der Waals surface area contributed by atoms with Crippen LogP contribution in [0.1, 0.15) is 13.8 Å². The molecule has 1 atom stereocenters. The van der Waals surface area contributed by atoms with E-state index in [2.05, 4.69) is 5.32 Å².